The van der Waals surface area contributed by atoms with Crippen molar-refractivity contribution in [3.05, 3.63) is 40.9 Å². The third kappa shape index (κ3) is 4.24. The highest BCUT2D eigenvalue weighted by molar-refractivity contribution is 7.14. The number of hydrogen-bond acceptors (Lipinski definition) is 6. The average molecular weight is 374 g/mol. The van der Waals surface area contributed by atoms with Crippen LogP contribution in [0.15, 0.2) is 29.8 Å². The number of nitrogens with one attached hydrogen (secondary N) is 2. The second-order valence-corrected chi connectivity index (χ2v) is 6.55. The second kappa shape index (κ2) is 8.07. The van der Waals surface area contributed by atoms with Gasteiger partial charge in [0.25, 0.3) is 11.8 Å². The molecule has 8 nitrogen and oxygen atoms in total. The van der Waals surface area contributed by atoms with E-state index in [2.05, 4.69) is 15.6 Å². The van der Waals surface area contributed by atoms with E-state index in [1.54, 1.807) is 16.3 Å². The van der Waals surface area contributed by atoms with Gasteiger partial charge in [-0.25, -0.2) is 4.98 Å². The van der Waals surface area contributed by atoms with E-state index in [4.69, 9.17) is 4.74 Å². The summed E-state index contributed by atoms with van der Waals surface area (Å²) in [5.41, 5.74) is 0.795. The number of pyridine rings is 1. The van der Waals surface area contributed by atoms with Gasteiger partial charge in [0.15, 0.2) is 0 Å². The van der Waals surface area contributed by atoms with E-state index in [-0.39, 0.29) is 17.7 Å². The van der Waals surface area contributed by atoms with Crippen LogP contribution in [0, 0.1) is 0 Å². The third-order valence-electron chi connectivity index (χ3n) is 3.75. The summed E-state index contributed by atoms with van der Waals surface area (Å²) in [6, 6.07) is 4.72. The monoisotopic (exact) mass is 374 g/mol. The Morgan fingerprint density at radius 1 is 1.19 bits per heavy atom. The fourth-order valence-electron chi connectivity index (χ4n) is 2.51. The van der Waals surface area contributed by atoms with Crippen LogP contribution in [0.1, 0.15) is 27.6 Å². The van der Waals surface area contributed by atoms with Crippen LogP contribution in [0.2, 0.25) is 0 Å². The lowest BCUT2D eigenvalue weighted by Crippen LogP contribution is -2.40. The van der Waals surface area contributed by atoms with Crippen LogP contribution in [0.4, 0.5) is 10.8 Å². The molecule has 0 saturated carbocycles. The van der Waals surface area contributed by atoms with Crippen molar-refractivity contribution in [2.45, 2.75) is 6.92 Å². The molecule has 0 radical (unpaired) electrons. The molecule has 1 saturated heterocycles. The van der Waals surface area contributed by atoms with Crippen LogP contribution >= 0.6 is 11.3 Å². The van der Waals surface area contributed by atoms with Crippen LogP contribution in [0.25, 0.3) is 0 Å². The van der Waals surface area contributed by atoms with E-state index in [9.17, 15) is 14.4 Å². The van der Waals surface area contributed by atoms with Crippen LogP contribution in [0.3, 0.4) is 0 Å². The molecule has 26 heavy (non-hydrogen) atoms. The molecule has 1 aliphatic heterocycles. The number of hydrogen-bond donors (Lipinski definition) is 2. The van der Waals surface area contributed by atoms with Gasteiger partial charge in [-0.05, 0) is 23.6 Å². The van der Waals surface area contributed by atoms with Crippen LogP contribution in [-0.4, -0.2) is 53.9 Å². The van der Waals surface area contributed by atoms with Crippen molar-refractivity contribution in [2.75, 3.05) is 36.9 Å². The number of aromatic nitrogens is 1. The number of nitrogens with zero attached hydrogens (tertiary/aromatic N) is 2. The Kier molecular flexibility index (Phi) is 5.59. The Morgan fingerprint density at radius 3 is 2.69 bits per heavy atom. The number of ether oxygens (including phenoxy) is 1. The Bertz CT molecular complexity index is 830. The second-order valence-electron chi connectivity index (χ2n) is 5.63. The molecule has 9 heteroatoms. The average Bonchev–Trinajstić information content (AvgIpc) is 3.09. The minimum absolute atomic E-state index is 0.126. The highest BCUT2D eigenvalue weighted by atomic mass is 32.1. The summed E-state index contributed by atoms with van der Waals surface area (Å²) in [6.45, 7) is 3.46. The van der Waals surface area contributed by atoms with Crippen LogP contribution < -0.4 is 10.6 Å². The number of amides is 3. The minimum Gasteiger partial charge on any atom is -0.378 e. The highest BCUT2D eigenvalue weighted by Crippen LogP contribution is 2.26. The summed E-state index contributed by atoms with van der Waals surface area (Å²) in [5, 5.41) is 7.55. The first-order chi connectivity index (χ1) is 12.5. The lowest BCUT2D eigenvalue weighted by molar-refractivity contribution is -0.114. The number of morpholine rings is 1. The lowest BCUT2D eigenvalue weighted by atomic mass is 10.2. The fraction of sp³-hybridized carbons (Fsp3) is 0.294. The Labute approximate surface area is 154 Å². The molecule has 0 unspecified atom stereocenters. The molecule has 2 aromatic rings. The van der Waals surface area contributed by atoms with E-state index < -0.39 is 0 Å². The van der Waals surface area contributed by atoms with E-state index >= 15 is 0 Å². The summed E-state index contributed by atoms with van der Waals surface area (Å²) in [7, 11) is 0. The molecule has 2 N–H and O–H groups in total. The number of thiophene rings is 1. The Hall–Kier alpha value is -2.78. The first kappa shape index (κ1) is 18.0. The molecule has 1 aliphatic rings. The third-order valence-corrected chi connectivity index (χ3v) is 4.58. The smallest absolute Gasteiger partial charge is 0.257 e. The number of carbonyl (C=O) groups is 3. The standard InChI is InChI=1S/C17H18N4O4S/c1-11(22)19-14-10-12(2-4-18-14)15(23)20-16-13(3-9-26-16)17(24)21-5-7-25-8-6-21/h2-4,9-10H,5-8H2,1H3,(H,20,23)(H,18,19,22). The SMILES string of the molecule is CC(=O)Nc1cc(C(=O)Nc2sccc2C(=O)N2CCOCC2)ccn1. The molecule has 0 aliphatic carbocycles. The van der Waals surface area contributed by atoms with Crippen molar-refractivity contribution in [3.8, 4) is 0 Å². The maximum Gasteiger partial charge on any atom is 0.257 e. The van der Waals surface area contributed by atoms with Crippen molar-refractivity contribution in [1.29, 1.82) is 0 Å². The van der Waals surface area contributed by atoms with Gasteiger partial charge < -0.3 is 20.3 Å². The van der Waals surface area contributed by atoms with Crippen molar-refractivity contribution in [1.82, 2.24) is 9.88 Å². The summed E-state index contributed by atoms with van der Waals surface area (Å²) in [4.78, 5) is 42.0. The van der Waals surface area contributed by atoms with Crippen molar-refractivity contribution < 1.29 is 19.1 Å². The van der Waals surface area contributed by atoms with Gasteiger partial charge in [-0.3, -0.25) is 14.4 Å². The summed E-state index contributed by atoms with van der Waals surface area (Å²) in [5.74, 6) is -0.483. The molecule has 136 valence electrons. The molecule has 0 aromatic carbocycles. The Balaban J connectivity index is 1.73. The quantitative estimate of drug-likeness (QED) is 0.850. The van der Waals surface area contributed by atoms with Crippen molar-refractivity contribution in [3.63, 3.8) is 0 Å². The molecular formula is C17H18N4O4S. The van der Waals surface area contributed by atoms with Crippen LogP contribution in [-0.2, 0) is 9.53 Å². The molecule has 1 fully saturated rings. The van der Waals surface area contributed by atoms with Gasteiger partial charge in [-0.15, -0.1) is 11.3 Å². The van der Waals surface area contributed by atoms with Crippen molar-refractivity contribution >= 4 is 39.9 Å². The maximum absolute atomic E-state index is 12.6. The largest absolute Gasteiger partial charge is 0.378 e. The van der Waals surface area contributed by atoms with E-state index in [0.29, 0.717) is 48.2 Å². The summed E-state index contributed by atoms with van der Waals surface area (Å²) < 4.78 is 5.26. The zero-order valence-electron chi connectivity index (χ0n) is 14.2. The summed E-state index contributed by atoms with van der Waals surface area (Å²) in [6.07, 6.45) is 1.44. The van der Waals surface area contributed by atoms with Gasteiger partial charge in [-0.1, -0.05) is 0 Å². The van der Waals surface area contributed by atoms with Gasteiger partial charge in [-0.2, -0.15) is 0 Å². The van der Waals surface area contributed by atoms with E-state index in [1.165, 1.54) is 36.6 Å². The molecular weight excluding hydrogens is 356 g/mol. The van der Waals surface area contributed by atoms with Crippen molar-refractivity contribution in [2.24, 2.45) is 0 Å². The fourth-order valence-corrected chi connectivity index (χ4v) is 3.28. The number of anilines is 2. The zero-order chi connectivity index (χ0) is 18.5. The summed E-state index contributed by atoms with van der Waals surface area (Å²) >= 11 is 1.28. The van der Waals surface area contributed by atoms with Gasteiger partial charge >= 0.3 is 0 Å². The predicted molar refractivity (Wildman–Crippen MR) is 97.5 cm³/mol. The number of rotatable bonds is 4. The minimum atomic E-state index is -0.377. The molecule has 3 rings (SSSR count). The normalized spacial score (nSPS) is 14.0. The first-order valence-corrected chi connectivity index (χ1v) is 8.92. The number of carbonyl (C=O) groups excluding carboxylic acids is 3. The molecule has 0 spiro atoms. The van der Waals surface area contributed by atoms with Crippen LogP contribution in [0.5, 0.6) is 0 Å². The molecule has 2 aromatic heterocycles. The molecule has 0 atom stereocenters. The highest BCUT2D eigenvalue weighted by Gasteiger charge is 2.23. The zero-order valence-corrected chi connectivity index (χ0v) is 15.0. The topological polar surface area (TPSA) is 101 Å². The maximum atomic E-state index is 12.6. The Morgan fingerprint density at radius 2 is 1.96 bits per heavy atom. The van der Waals surface area contributed by atoms with E-state index in [1.807, 2.05) is 0 Å². The molecule has 0 bridgehead atoms. The van der Waals surface area contributed by atoms with Gasteiger partial charge in [0.1, 0.15) is 10.8 Å². The van der Waals surface area contributed by atoms with Gasteiger partial charge in [0.05, 0.1) is 18.8 Å². The molecule has 3 amide bonds. The van der Waals surface area contributed by atoms with Gasteiger partial charge in [0, 0.05) is 31.8 Å². The lowest BCUT2D eigenvalue weighted by Gasteiger charge is -2.26. The predicted octanol–water partition coefficient (Wildman–Crippen LogP) is 1.83. The molecule has 3 heterocycles. The van der Waals surface area contributed by atoms with Gasteiger partial charge in [0.2, 0.25) is 5.91 Å². The first-order valence-electron chi connectivity index (χ1n) is 8.04. The van der Waals surface area contributed by atoms with E-state index in [0.717, 1.165) is 0 Å².